The molecule has 1 fully saturated rings. The van der Waals surface area contributed by atoms with E-state index in [-0.39, 0.29) is 11.8 Å². The number of carbonyl (C=O) groups is 2. The fraction of sp³-hybridized carbons (Fsp3) is 0.800. The molecule has 86 valence electrons. The van der Waals surface area contributed by atoms with Crippen LogP contribution in [0.4, 0.5) is 0 Å². The Labute approximate surface area is 89.4 Å². The second-order valence-corrected chi connectivity index (χ2v) is 3.87. The van der Waals surface area contributed by atoms with E-state index in [9.17, 15) is 9.59 Å². The van der Waals surface area contributed by atoms with Crippen LogP contribution in [0.15, 0.2) is 0 Å². The number of nitrogens with zero attached hydrogens (tertiary/aromatic N) is 1. The first-order valence-corrected chi connectivity index (χ1v) is 5.35. The zero-order chi connectivity index (χ0) is 11.3. The van der Waals surface area contributed by atoms with Crippen LogP contribution in [0.1, 0.15) is 26.2 Å². The van der Waals surface area contributed by atoms with E-state index in [2.05, 4.69) is 5.32 Å². The minimum atomic E-state index is -0.735. The van der Waals surface area contributed by atoms with E-state index >= 15 is 0 Å². The molecule has 5 nitrogen and oxygen atoms in total. The summed E-state index contributed by atoms with van der Waals surface area (Å²) in [5, 5.41) is 11.6. The van der Waals surface area contributed by atoms with Gasteiger partial charge < -0.3 is 10.4 Å². The third kappa shape index (κ3) is 3.87. The number of carboxylic acids is 1. The van der Waals surface area contributed by atoms with Crippen LogP contribution in [-0.2, 0) is 9.59 Å². The topological polar surface area (TPSA) is 69.6 Å². The van der Waals surface area contributed by atoms with Gasteiger partial charge in [-0.3, -0.25) is 14.5 Å². The van der Waals surface area contributed by atoms with Crippen LogP contribution < -0.4 is 5.32 Å². The summed E-state index contributed by atoms with van der Waals surface area (Å²) in [5.74, 6) is -1.01. The first kappa shape index (κ1) is 12.0. The number of hydrogen-bond acceptors (Lipinski definition) is 3. The van der Waals surface area contributed by atoms with Crippen LogP contribution in [-0.4, -0.2) is 41.6 Å². The van der Waals surface area contributed by atoms with E-state index in [1.165, 1.54) is 0 Å². The molecule has 0 saturated carbocycles. The number of carboxylic acid groups (broad SMARTS) is 1. The van der Waals surface area contributed by atoms with Crippen molar-refractivity contribution in [3.8, 4) is 0 Å². The highest BCUT2D eigenvalue weighted by atomic mass is 16.4. The van der Waals surface area contributed by atoms with Gasteiger partial charge in [0.1, 0.15) is 0 Å². The minimum Gasteiger partial charge on any atom is -0.481 e. The predicted octanol–water partition coefficient (Wildman–Crippen LogP) is 0.267. The minimum absolute atomic E-state index is 0.00690. The molecular weight excluding hydrogens is 196 g/mol. The Kier molecular flexibility index (Phi) is 4.55. The van der Waals surface area contributed by atoms with Crippen LogP contribution in [0.5, 0.6) is 0 Å². The molecule has 0 aromatic rings. The van der Waals surface area contributed by atoms with E-state index < -0.39 is 5.97 Å². The van der Waals surface area contributed by atoms with Gasteiger partial charge >= 0.3 is 5.97 Å². The summed E-state index contributed by atoms with van der Waals surface area (Å²) in [6.45, 7) is 3.68. The van der Waals surface area contributed by atoms with E-state index in [0.717, 1.165) is 19.4 Å². The van der Waals surface area contributed by atoms with Crippen LogP contribution in [0.2, 0.25) is 0 Å². The maximum atomic E-state index is 11.0. The van der Waals surface area contributed by atoms with Crippen molar-refractivity contribution in [2.75, 3.05) is 19.8 Å². The molecule has 0 aromatic heterocycles. The van der Waals surface area contributed by atoms with Crippen LogP contribution in [0.3, 0.4) is 0 Å². The Morgan fingerprint density at radius 3 is 2.87 bits per heavy atom. The van der Waals surface area contributed by atoms with E-state index in [1.54, 1.807) is 6.92 Å². The van der Waals surface area contributed by atoms with Crippen molar-refractivity contribution < 1.29 is 14.7 Å². The van der Waals surface area contributed by atoms with Crippen molar-refractivity contribution in [1.29, 1.82) is 0 Å². The average molecular weight is 214 g/mol. The Balaban J connectivity index is 2.30. The molecular formula is C10H18N2O3. The summed E-state index contributed by atoms with van der Waals surface area (Å²) in [5.41, 5.74) is 0. The highest BCUT2D eigenvalue weighted by Crippen LogP contribution is 2.15. The lowest BCUT2D eigenvalue weighted by atomic mass is 9.99. The predicted molar refractivity (Wildman–Crippen MR) is 55.2 cm³/mol. The van der Waals surface area contributed by atoms with Crippen LogP contribution in [0.25, 0.3) is 0 Å². The summed E-state index contributed by atoms with van der Waals surface area (Å²) in [4.78, 5) is 23.8. The smallest absolute Gasteiger partial charge is 0.307 e. The van der Waals surface area contributed by atoms with Crippen LogP contribution >= 0.6 is 0 Å². The van der Waals surface area contributed by atoms with Gasteiger partial charge in [0.15, 0.2) is 0 Å². The highest BCUT2D eigenvalue weighted by molar-refractivity contribution is 5.75. The largest absolute Gasteiger partial charge is 0.481 e. The Morgan fingerprint density at radius 2 is 2.27 bits per heavy atom. The van der Waals surface area contributed by atoms with Gasteiger partial charge in [-0.25, -0.2) is 0 Å². The number of likely N-dealkylation sites (tertiary alicyclic amines) is 1. The molecule has 5 heteroatoms. The van der Waals surface area contributed by atoms with Crippen LogP contribution in [0, 0.1) is 5.92 Å². The van der Waals surface area contributed by atoms with Gasteiger partial charge in [-0.05, 0) is 19.4 Å². The molecule has 15 heavy (non-hydrogen) atoms. The normalized spacial score (nSPS) is 22.3. The molecule has 0 aromatic carbocycles. The molecule has 0 radical (unpaired) electrons. The van der Waals surface area contributed by atoms with Crippen molar-refractivity contribution >= 4 is 11.9 Å². The monoisotopic (exact) mass is 214 g/mol. The number of aliphatic carboxylic acids is 1. The van der Waals surface area contributed by atoms with Crippen molar-refractivity contribution in [2.24, 2.45) is 5.92 Å². The Bertz CT molecular complexity index is 243. The van der Waals surface area contributed by atoms with Crippen molar-refractivity contribution in [2.45, 2.75) is 26.2 Å². The third-order valence-electron chi connectivity index (χ3n) is 2.68. The second kappa shape index (κ2) is 5.70. The number of rotatable bonds is 4. The van der Waals surface area contributed by atoms with E-state index in [0.29, 0.717) is 19.6 Å². The summed E-state index contributed by atoms with van der Waals surface area (Å²) < 4.78 is 0. The maximum absolute atomic E-state index is 11.0. The molecule has 1 atom stereocenters. The molecule has 0 aliphatic carbocycles. The Morgan fingerprint density at radius 1 is 1.53 bits per heavy atom. The molecule has 2 N–H and O–H groups in total. The fourth-order valence-electron chi connectivity index (χ4n) is 1.73. The highest BCUT2D eigenvalue weighted by Gasteiger charge is 2.24. The van der Waals surface area contributed by atoms with Gasteiger partial charge in [-0.1, -0.05) is 6.92 Å². The van der Waals surface area contributed by atoms with E-state index in [4.69, 9.17) is 5.11 Å². The molecule has 1 rings (SSSR count). The number of hydrogen-bond donors (Lipinski definition) is 2. The summed E-state index contributed by atoms with van der Waals surface area (Å²) in [6, 6.07) is 0. The fourth-order valence-corrected chi connectivity index (χ4v) is 1.73. The third-order valence-corrected chi connectivity index (χ3v) is 2.68. The molecule has 1 heterocycles. The zero-order valence-corrected chi connectivity index (χ0v) is 9.03. The molecule has 1 aliphatic rings. The molecule has 0 bridgehead atoms. The molecule has 0 spiro atoms. The Hall–Kier alpha value is -1.10. The number of nitrogens with one attached hydrogen (secondary N) is 1. The zero-order valence-electron chi connectivity index (χ0n) is 9.03. The maximum Gasteiger partial charge on any atom is 0.307 e. The number of amides is 1. The van der Waals surface area contributed by atoms with Gasteiger partial charge in [-0.15, -0.1) is 0 Å². The van der Waals surface area contributed by atoms with Crippen molar-refractivity contribution in [1.82, 2.24) is 10.2 Å². The molecule has 1 unspecified atom stereocenters. The number of carbonyl (C=O) groups excluding carboxylic acids is 1. The molecule has 1 aliphatic heterocycles. The van der Waals surface area contributed by atoms with Crippen molar-refractivity contribution in [3.05, 3.63) is 0 Å². The van der Waals surface area contributed by atoms with Gasteiger partial charge in [-0.2, -0.15) is 0 Å². The van der Waals surface area contributed by atoms with Gasteiger partial charge in [0.25, 0.3) is 0 Å². The van der Waals surface area contributed by atoms with E-state index in [1.807, 2.05) is 4.90 Å². The lowest BCUT2D eigenvalue weighted by molar-refractivity contribution is -0.143. The quantitative estimate of drug-likeness (QED) is 0.704. The summed E-state index contributed by atoms with van der Waals surface area (Å²) in [7, 11) is 0. The first-order valence-electron chi connectivity index (χ1n) is 5.35. The number of piperidine rings is 1. The summed E-state index contributed by atoms with van der Waals surface area (Å²) >= 11 is 0. The van der Waals surface area contributed by atoms with Crippen molar-refractivity contribution in [3.63, 3.8) is 0 Å². The summed E-state index contributed by atoms with van der Waals surface area (Å²) in [6.07, 6.45) is 2.10. The standard InChI is InChI=1S/C10H18N2O3/c1-2-9(13)11-7-12-5-3-4-8(6-12)10(14)15/h8H,2-7H2,1H3,(H,11,13)(H,14,15). The second-order valence-electron chi connectivity index (χ2n) is 3.87. The SMILES string of the molecule is CCC(=O)NCN1CCCC(C(=O)O)C1. The lowest BCUT2D eigenvalue weighted by Gasteiger charge is -2.30. The molecule has 1 saturated heterocycles. The average Bonchev–Trinajstić information content (AvgIpc) is 2.26. The van der Waals surface area contributed by atoms with Gasteiger partial charge in [0.2, 0.25) is 5.91 Å². The molecule has 1 amide bonds. The van der Waals surface area contributed by atoms with Gasteiger partial charge in [0, 0.05) is 13.0 Å². The lowest BCUT2D eigenvalue weighted by Crippen LogP contribution is -2.44. The van der Waals surface area contributed by atoms with Gasteiger partial charge in [0.05, 0.1) is 12.6 Å². The first-order chi connectivity index (χ1) is 7.13.